The standard InChI is InChI=1S/C9H18Cl3O4P/c1-8(6-11)15-17(13,14-5-3-4-10)16-9(2)7-12/h8-9H,3-7H2,1-2H3. The summed E-state index contributed by atoms with van der Waals surface area (Å²) in [4.78, 5) is 0. The summed E-state index contributed by atoms with van der Waals surface area (Å²) in [5, 5.41) is 0. The molecule has 2 unspecified atom stereocenters. The van der Waals surface area contributed by atoms with Crippen LogP contribution in [-0.4, -0.2) is 36.5 Å². The Hall–Kier alpha value is 0.980. The highest BCUT2D eigenvalue weighted by Crippen LogP contribution is 2.51. The van der Waals surface area contributed by atoms with Crippen LogP contribution in [-0.2, 0) is 18.1 Å². The summed E-state index contributed by atoms with van der Waals surface area (Å²) in [6.45, 7) is 3.56. The lowest BCUT2D eigenvalue weighted by Crippen LogP contribution is -2.16. The monoisotopic (exact) mass is 326 g/mol. The van der Waals surface area contributed by atoms with Crippen LogP contribution in [0.2, 0.25) is 0 Å². The number of rotatable bonds is 10. The van der Waals surface area contributed by atoms with Gasteiger partial charge in [0.15, 0.2) is 0 Å². The fourth-order valence-corrected chi connectivity index (χ4v) is 2.78. The molecule has 0 aliphatic carbocycles. The number of alkyl halides is 3. The van der Waals surface area contributed by atoms with Crippen LogP contribution >= 0.6 is 42.6 Å². The van der Waals surface area contributed by atoms with E-state index in [0.29, 0.717) is 12.3 Å². The number of hydrogen-bond donors (Lipinski definition) is 0. The largest absolute Gasteiger partial charge is 0.475 e. The van der Waals surface area contributed by atoms with E-state index < -0.39 is 20.0 Å². The summed E-state index contributed by atoms with van der Waals surface area (Å²) in [7, 11) is -3.62. The van der Waals surface area contributed by atoms with Gasteiger partial charge in [0.25, 0.3) is 0 Å². The van der Waals surface area contributed by atoms with Crippen LogP contribution in [0.15, 0.2) is 0 Å². The average Bonchev–Trinajstić information content (AvgIpc) is 2.28. The van der Waals surface area contributed by atoms with Crippen molar-refractivity contribution in [3.8, 4) is 0 Å². The average molecular weight is 328 g/mol. The Kier molecular flexibility index (Phi) is 10.4. The zero-order valence-corrected chi connectivity index (χ0v) is 13.1. The Labute approximate surface area is 117 Å². The van der Waals surface area contributed by atoms with E-state index in [-0.39, 0.29) is 18.4 Å². The Bertz CT molecular complexity index is 226. The molecule has 4 nitrogen and oxygen atoms in total. The van der Waals surface area contributed by atoms with Gasteiger partial charge < -0.3 is 0 Å². The molecule has 0 amide bonds. The molecule has 0 aliphatic heterocycles. The van der Waals surface area contributed by atoms with Crippen molar-refractivity contribution in [2.45, 2.75) is 32.5 Å². The lowest BCUT2D eigenvalue weighted by Gasteiger charge is -2.22. The van der Waals surface area contributed by atoms with E-state index in [2.05, 4.69) is 0 Å². The molecule has 17 heavy (non-hydrogen) atoms. The van der Waals surface area contributed by atoms with Crippen molar-refractivity contribution in [3.63, 3.8) is 0 Å². The first kappa shape index (κ1) is 18.0. The first-order valence-electron chi connectivity index (χ1n) is 5.26. The molecule has 0 saturated carbocycles. The van der Waals surface area contributed by atoms with Crippen LogP contribution in [0.4, 0.5) is 0 Å². The second-order valence-electron chi connectivity index (χ2n) is 3.46. The minimum atomic E-state index is -3.62. The molecule has 0 rings (SSSR count). The molecule has 0 heterocycles. The number of halogens is 3. The van der Waals surface area contributed by atoms with Gasteiger partial charge in [-0.05, 0) is 20.3 Å². The molecular weight excluding hydrogens is 309 g/mol. The molecule has 0 fully saturated rings. The highest BCUT2D eigenvalue weighted by molar-refractivity contribution is 7.48. The summed E-state index contributed by atoms with van der Waals surface area (Å²) >= 11 is 16.7. The van der Waals surface area contributed by atoms with Gasteiger partial charge in [0.1, 0.15) is 0 Å². The van der Waals surface area contributed by atoms with Crippen LogP contribution in [0.25, 0.3) is 0 Å². The van der Waals surface area contributed by atoms with Crippen molar-refractivity contribution >= 4 is 42.6 Å². The third-order valence-electron chi connectivity index (χ3n) is 1.58. The smallest absolute Gasteiger partial charge is 0.287 e. The maximum atomic E-state index is 12.2. The van der Waals surface area contributed by atoms with Crippen LogP contribution < -0.4 is 0 Å². The lowest BCUT2D eigenvalue weighted by molar-refractivity contribution is 0.0741. The molecule has 0 radical (unpaired) electrons. The molecule has 0 aromatic carbocycles. The van der Waals surface area contributed by atoms with Gasteiger partial charge in [0.2, 0.25) is 0 Å². The van der Waals surface area contributed by atoms with Crippen LogP contribution in [0.1, 0.15) is 20.3 Å². The Morgan fingerprint density at radius 1 is 1.06 bits per heavy atom. The van der Waals surface area contributed by atoms with Gasteiger partial charge in [0, 0.05) is 17.6 Å². The quantitative estimate of drug-likeness (QED) is 0.345. The minimum absolute atomic E-state index is 0.196. The fraction of sp³-hybridized carbons (Fsp3) is 1.00. The van der Waals surface area contributed by atoms with Gasteiger partial charge in [0.05, 0.1) is 18.8 Å². The molecule has 0 aromatic heterocycles. The van der Waals surface area contributed by atoms with Crippen molar-refractivity contribution in [2.75, 3.05) is 24.2 Å². The third kappa shape index (κ3) is 8.66. The minimum Gasteiger partial charge on any atom is -0.287 e. The second kappa shape index (κ2) is 9.85. The van der Waals surface area contributed by atoms with Crippen molar-refractivity contribution in [1.29, 1.82) is 0 Å². The molecule has 0 saturated heterocycles. The maximum absolute atomic E-state index is 12.2. The molecule has 0 aromatic rings. The van der Waals surface area contributed by atoms with Gasteiger partial charge in [-0.25, -0.2) is 4.57 Å². The molecule has 0 spiro atoms. The zero-order valence-electron chi connectivity index (χ0n) is 9.90. The normalized spacial score (nSPS) is 18.6. The molecule has 104 valence electrons. The van der Waals surface area contributed by atoms with Crippen LogP contribution in [0.3, 0.4) is 0 Å². The van der Waals surface area contributed by atoms with Gasteiger partial charge >= 0.3 is 7.82 Å². The maximum Gasteiger partial charge on any atom is 0.475 e. The number of phosphoric acid groups is 1. The summed E-state index contributed by atoms with van der Waals surface area (Å²) in [6, 6.07) is 0. The molecule has 2 atom stereocenters. The van der Waals surface area contributed by atoms with Gasteiger partial charge in [-0.2, -0.15) is 0 Å². The lowest BCUT2D eigenvalue weighted by atomic mass is 10.5. The fourth-order valence-electron chi connectivity index (χ4n) is 0.814. The summed E-state index contributed by atoms with van der Waals surface area (Å²) in [5.41, 5.74) is 0. The van der Waals surface area contributed by atoms with Crippen molar-refractivity contribution in [2.24, 2.45) is 0 Å². The zero-order chi connectivity index (χ0) is 13.3. The number of phosphoric ester groups is 1. The van der Waals surface area contributed by atoms with E-state index in [9.17, 15) is 4.57 Å². The first-order chi connectivity index (χ1) is 7.97. The first-order valence-corrected chi connectivity index (χ1v) is 8.33. The molecule has 0 N–H and O–H groups in total. The van der Waals surface area contributed by atoms with E-state index >= 15 is 0 Å². The Morgan fingerprint density at radius 2 is 1.53 bits per heavy atom. The highest BCUT2D eigenvalue weighted by Gasteiger charge is 2.31. The van der Waals surface area contributed by atoms with E-state index in [4.69, 9.17) is 48.4 Å². The van der Waals surface area contributed by atoms with E-state index in [1.807, 2.05) is 0 Å². The van der Waals surface area contributed by atoms with Crippen molar-refractivity contribution < 1.29 is 18.1 Å². The molecule has 0 bridgehead atoms. The van der Waals surface area contributed by atoms with Crippen LogP contribution in [0.5, 0.6) is 0 Å². The highest BCUT2D eigenvalue weighted by atomic mass is 35.5. The molecular formula is C9H18Cl3O4P. The molecule has 0 aliphatic rings. The Morgan fingerprint density at radius 3 is 1.88 bits per heavy atom. The van der Waals surface area contributed by atoms with Crippen molar-refractivity contribution in [1.82, 2.24) is 0 Å². The predicted molar refractivity (Wildman–Crippen MR) is 71.4 cm³/mol. The predicted octanol–water partition coefficient (Wildman–Crippen LogP) is 4.03. The van der Waals surface area contributed by atoms with Gasteiger partial charge in [-0.15, -0.1) is 34.8 Å². The van der Waals surface area contributed by atoms with Gasteiger partial charge in [-0.1, -0.05) is 0 Å². The molecule has 8 heteroatoms. The topological polar surface area (TPSA) is 44.8 Å². The second-order valence-corrected chi connectivity index (χ2v) is 6.03. The van der Waals surface area contributed by atoms with Gasteiger partial charge in [-0.3, -0.25) is 13.6 Å². The van der Waals surface area contributed by atoms with E-state index in [1.54, 1.807) is 13.8 Å². The third-order valence-corrected chi connectivity index (χ3v) is 4.45. The van der Waals surface area contributed by atoms with Crippen LogP contribution in [0, 0.1) is 0 Å². The number of hydrogen-bond acceptors (Lipinski definition) is 4. The van der Waals surface area contributed by atoms with Crippen molar-refractivity contribution in [3.05, 3.63) is 0 Å². The van der Waals surface area contributed by atoms with E-state index in [1.165, 1.54) is 0 Å². The summed E-state index contributed by atoms with van der Waals surface area (Å²) in [5.74, 6) is 0.805. The SMILES string of the molecule is CC(CCl)OP(=O)(OCCCCl)OC(C)CCl. The Balaban J connectivity index is 4.39. The summed E-state index contributed by atoms with van der Waals surface area (Å²) in [6.07, 6.45) is -0.301. The van der Waals surface area contributed by atoms with E-state index in [0.717, 1.165) is 0 Å². The summed E-state index contributed by atoms with van der Waals surface area (Å²) < 4.78 is 27.7.